The maximum absolute atomic E-state index is 5.88. The van der Waals surface area contributed by atoms with Crippen molar-refractivity contribution in [2.75, 3.05) is 0 Å². The van der Waals surface area contributed by atoms with E-state index in [2.05, 4.69) is 34.8 Å². The van der Waals surface area contributed by atoms with E-state index in [1.807, 2.05) is 6.92 Å². The minimum Gasteiger partial charge on any atom is -1.00 e. The molecule has 1 aromatic heterocycles. The van der Waals surface area contributed by atoms with Gasteiger partial charge in [-0.15, -0.1) is 0 Å². The van der Waals surface area contributed by atoms with Gasteiger partial charge in [-0.05, 0) is 19.8 Å². The standard InChI is InChI=1S/C27H54N3.BrH/c1-3-4-5-6-7-8-9-10-11-12-13-14-15-16-17-18-19-20-21-22-23-29-24-25-30(26-29)27(2)28;/h24-27H,3-23,28H2,1-2H3;1H/q+1;/p-1. The molecule has 1 rings (SSSR count). The Morgan fingerprint density at radius 3 is 1.32 bits per heavy atom. The predicted molar refractivity (Wildman–Crippen MR) is 132 cm³/mol. The Morgan fingerprint density at radius 1 is 0.645 bits per heavy atom. The smallest absolute Gasteiger partial charge is 0.245 e. The molecule has 0 saturated carbocycles. The topological polar surface area (TPSA) is 34.8 Å². The molecule has 1 unspecified atom stereocenters. The molecule has 0 aliphatic heterocycles. The van der Waals surface area contributed by atoms with Crippen LogP contribution in [0, 0.1) is 0 Å². The van der Waals surface area contributed by atoms with Crippen molar-refractivity contribution in [3.05, 3.63) is 18.7 Å². The van der Waals surface area contributed by atoms with Crippen molar-refractivity contribution in [3.8, 4) is 0 Å². The van der Waals surface area contributed by atoms with Crippen molar-refractivity contribution in [1.82, 2.24) is 4.57 Å². The second-order valence-electron chi connectivity index (χ2n) is 9.56. The van der Waals surface area contributed by atoms with Crippen LogP contribution in [0.25, 0.3) is 0 Å². The van der Waals surface area contributed by atoms with Crippen LogP contribution in [0.2, 0.25) is 0 Å². The van der Waals surface area contributed by atoms with E-state index in [-0.39, 0.29) is 23.1 Å². The fourth-order valence-corrected chi connectivity index (χ4v) is 4.33. The average Bonchev–Trinajstić information content (AvgIpc) is 3.22. The Bertz CT molecular complexity index is 473. The minimum atomic E-state index is 0. The largest absolute Gasteiger partial charge is 1.00 e. The zero-order chi connectivity index (χ0) is 21.7. The minimum absolute atomic E-state index is 0. The van der Waals surface area contributed by atoms with Crippen molar-refractivity contribution < 1.29 is 21.5 Å². The second kappa shape index (κ2) is 22.8. The third kappa shape index (κ3) is 18.9. The van der Waals surface area contributed by atoms with Crippen LogP contribution in [-0.4, -0.2) is 4.57 Å². The zero-order valence-electron chi connectivity index (χ0n) is 21.0. The maximum Gasteiger partial charge on any atom is 0.245 e. The Morgan fingerprint density at radius 2 is 1.00 bits per heavy atom. The summed E-state index contributed by atoms with van der Waals surface area (Å²) in [6.07, 6.45) is 35.2. The number of imidazole rings is 1. The molecule has 0 bridgehead atoms. The highest BCUT2D eigenvalue weighted by Gasteiger charge is 2.06. The lowest BCUT2D eigenvalue weighted by molar-refractivity contribution is -0.718. The maximum atomic E-state index is 5.88. The van der Waals surface area contributed by atoms with E-state index in [0.29, 0.717) is 0 Å². The Balaban J connectivity index is 0.00000900. The monoisotopic (exact) mass is 499 g/mol. The number of rotatable bonds is 22. The van der Waals surface area contributed by atoms with Gasteiger partial charge in [0.15, 0.2) is 0 Å². The molecular weight excluding hydrogens is 446 g/mol. The van der Waals surface area contributed by atoms with Crippen molar-refractivity contribution in [3.63, 3.8) is 0 Å². The van der Waals surface area contributed by atoms with Gasteiger partial charge in [-0.1, -0.05) is 122 Å². The summed E-state index contributed by atoms with van der Waals surface area (Å²) in [7, 11) is 0. The van der Waals surface area contributed by atoms with Gasteiger partial charge < -0.3 is 17.0 Å². The summed E-state index contributed by atoms with van der Waals surface area (Å²) in [5.74, 6) is 0. The molecular formula is C27H54BrN3. The summed E-state index contributed by atoms with van der Waals surface area (Å²) in [5.41, 5.74) is 5.88. The third-order valence-electron chi connectivity index (χ3n) is 6.45. The highest BCUT2D eigenvalue weighted by molar-refractivity contribution is 4.66. The fraction of sp³-hybridized carbons (Fsp3) is 0.889. The zero-order valence-corrected chi connectivity index (χ0v) is 22.6. The Labute approximate surface area is 205 Å². The van der Waals surface area contributed by atoms with Gasteiger partial charge in [0, 0.05) is 0 Å². The van der Waals surface area contributed by atoms with E-state index in [1.54, 1.807) is 0 Å². The molecule has 1 atom stereocenters. The Hall–Kier alpha value is -0.350. The molecule has 0 amide bonds. The number of aromatic nitrogens is 2. The predicted octanol–water partition coefficient (Wildman–Crippen LogP) is 5.08. The van der Waals surface area contributed by atoms with Gasteiger partial charge in [0.25, 0.3) is 0 Å². The van der Waals surface area contributed by atoms with Crippen LogP contribution in [0.1, 0.15) is 148 Å². The van der Waals surface area contributed by atoms with Gasteiger partial charge in [-0.3, -0.25) is 5.73 Å². The first-order valence-corrected chi connectivity index (χ1v) is 13.6. The van der Waals surface area contributed by atoms with E-state index in [9.17, 15) is 0 Å². The number of hydrogen-bond acceptors (Lipinski definition) is 1. The SMILES string of the molecule is CCCCCCCCCCCCCCCCCCCCCCn1cc[n+](C(C)N)c1.[Br-]. The van der Waals surface area contributed by atoms with E-state index in [4.69, 9.17) is 5.73 Å². The molecule has 0 saturated heterocycles. The van der Waals surface area contributed by atoms with Crippen LogP contribution in [0.3, 0.4) is 0 Å². The number of hydrogen-bond donors (Lipinski definition) is 1. The van der Waals surface area contributed by atoms with Crippen molar-refractivity contribution in [2.24, 2.45) is 5.73 Å². The van der Waals surface area contributed by atoms with E-state index in [1.165, 1.54) is 128 Å². The van der Waals surface area contributed by atoms with Crippen LogP contribution in [0.5, 0.6) is 0 Å². The molecule has 1 aromatic rings. The van der Waals surface area contributed by atoms with Crippen molar-refractivity contribution >= 4 is 0 Å². The number of nitrogens with zero attached hydrogens (tertiary/aromatic N) is 2. The van der Waals surface area contributed by atoms with E-state index < -0.39 is 0 Å². The van der Waals surface area contributed by atoms with Crippen LogP contribution < -0.4 is 27.3 Å². The summed E-state index contributed by atoms with van der Waals surface area (Å²) in [6.45, 7) is 5.44. The van der Waals surface area contributed by atoms with Crippen molar-refractivity contribution in [1.29, 1.82) is 0 Å². The summed E-state index contributed by atoms with van der Waals surface area (Å²) in [4.78, 5) is 0. The molecule has 2 N–H and O–H groups in total. The van der Waals surface area contributed by atoms with Crippen LogP contribution >= 0.6 is 0 Å². The third-order valence-corrected chi connectivity index (χ3v) is 6.45. The number of unbranched alkanes of at least 4 members (excludes halogenated alkanes) is 19. The quantitative estimate of drug-likeness (QED) is 0.175. The molecule has 0 radical (unpaired) electrons. The van der Waals surface area contributed by atoms with Crippen molar-refractivity contribution in [2.45, 2.75) is 155 Å². The lowest BCUT2D eigenvalue weighted by atomic mass is 10.0. The number of halogens is 1. The van der Waals surface area contributed by atoms with E-state index >= 15 is 0 Å². The van der Waals surface area contributed by atoms with Gasteiger partial charge in [-0.2, -0.15) is 0 Å². The molecule has 4 heteroatoms. The Kier molecular flexibility index (Phi) is 22.6. The molecule has 0 aromatic carbocycles. The first-order chi connectivity index (χ1) is 14.7. The molecule has 31 heavy (non-hydrogen) atoms. The molecule has 0 aliphatic carbocycles. The van der Waals surface area contributed by atoms with Gasteiger partial charge >= 0.3 is 0 Å². The van der Waals surface area contributed by atoms with Gasteiger partial charge in [0.1, 0.15) is 18.6 Å². The van der Waals surface area contributed by atoms with Gasteiger partial charge in [-0.25, -0.2) is 9.13 Å². The summed E-state index contributed by atoms with van der Waals surface area (Å²) >= 11 is 0. The highest BCUT2D eigenvalue weighted by atomic mass is 79.9. The molecule has 0 aliphatic rings. The highest BCUT2D eigenvalue weighted by Crippen LogP contribution is 2.14. The first-order valence-electron chi connectivity index (χ1n) is 13.6. The number of nitrogens with two attached hydrogens (primary N) is 1. The molecule has 1 heterocycles. The van der Waals surface area contributed by atoms with Crippen LogP contribution in [0.15, 0.2) is 18.7 Å². The van der Waals surface area contributed by atoms with Crippen LogP contribution in [-0.2, 0) is 6.54 Å². The molecule has 0 spiro atoms. The lowest BCUT2D eigenvalue weighted by Crippen LogP contribution is -3.00. The van der Waals surface area contributed by atoms with Gasteiger partial charge in [0.2, 0.25) is 6.33 Å². The molecule has 3 nitrogen and oxygen atoms in total. The average molecular weight is 501 g/mol. The summed E-state index contributed by atoms with van der Waals surface area (Å²) in [5, 5.41) is 0. The first kappa shape index (κ1) is 30.6. The van der Waals surface area contributed by atoms with Crippen LogP contribution in [0.4, 0.5) is 0 Å². The fourth-order valence-electron chi connectivity index (χ4n) is 4.33. The van der Waals surface area contributed by atoms with E-state index in [0.717, 1.165) is 6.54 Å². The normalized spacial score (nSPS) is 12.1. The summed E-state index contributed by atoms with van der Waals surface area (Å²) in [6, 6.07) is 0. The molecule has 0 fully saturated rings. The lowest BCUT2D eigenvalue weighted by Gasteiger charge is -2.04. The second-order valence-corrected chi connectivity index (χ2v) is 9.56. The molecule has 184 valence electrons. The van der Waals surface area contributed by atoms with Gasteiger partial charge in [0.05, 0.1) is 6.54 Å². The summed E-state index contributed by atoms with van der Waals surface area (Å²) < 4.78 is 4.33. The number of aryl methyl sites for hydroxylation is 1.